The van der Waals surface area contributed by atoms with Crippen molar-refractivity contribution in [3.63, 3.8) is 0 Å². The Morgan fingerprint density at radius 2 is 2.07 bits per heavy atom. The fourth-order valence-corrected chi connectivity index (χ4v) is 3.22. The number of nitro groups is 1. The number of benzene rings is 1. The lowest BCUT2D eigenvalue weighted by Gasteiger charge is -2.34. The van der Waals surface area contributed by atoms with Gasteiger partial charge in [-0.2, -0.15) is 4.98 Å². The minimum absolute atomic E-state index is 0.0499. The van der Waals surface area contributed by atoms with Gasteiger partial charge in [-0.3, -0.25) is 10.1 Å². The molecule has 2 aromatic rings. The normalized spacial score (nSPS) is 16.6. The molecule has 10 nitrogen and oxygen atoms in total. The number of nitrogens with zero attached hydrogens (tertiary/aromatic N) is 4. The van der Waals surface area contributed by atoms with Crippen LogP contribution < -0.4 is 15.5 Å². The zero-order valence-corrected chi connectivity index (χ0v) is 17.3. The number of amides is 1. The van der Waals surface area contributed by atoms with Gasteiger partial charge in [-0.1, -0.05) is 12.1 Å². The Kier molecular flexibility index (Phi) is 6.34. The molecule has 1 amide bonds. The number of para-hydroxylation sites is 2. The van der Waals surface area contributed by atoms with Gasteiger partial charge in [-0.25, -0.2) is 9.78 Å². The van der Waals surface area contributed by atoms with Gasteiger partial charge in [0.05, 0.1) is 4.92 Å². The second-order valence-electron chi connectivity index (χ2n) is 8.07. The van der Waals surface area contributed by atoms with Gasteiger partial charge in [0.2, 0.25) is 5.95 Å². The molecule has 0 radical (unpaired) electrons. The predicted molar refractivity (Wildman–Crippen MR) is 113 cm³/mol. The highest BCUT2D eigenvalue weighted by molar-refractivity contribution is 5.68. The first-order valence-corrected chi connectivity index (χ1v) is 9.79. The summed E-state index contributed by atoms with van der Waals surface area (Å²) in [6.07, 6.45) is 2.90. The summed E-state index contributed by atoms with van der Waals surface area (Å²) >= 11 is 0. The Labute approximate surface area is 174 Å². The molecule has 1 saturated heterocycles. The number of nitrogens with one attached hydrogen (secondary N) is 2. The van der Waals surface area contributed by atoms with Crippen LogP contribution in [0.15, 0.2) is 36.5 Å². The van der Waals surface area contributed by atoms with Gasteiger partial charge in [-0.15, -0.1) is 0 Å². The number of piperidine rings is 1. The van der Waals surface area contributed by atoms with Crippen LogP contribution in [0.5, 0.6) is 0 Å². The standard InChI is InChI=1S/C20H26N6O4/c1-20(2,3)30-19(27)22-14-7-6-12-25(13-14)17-10-11-21-18(24-17)23-15-8-4-5-9-16(15)26(28)29/h4-5,8-11,14H,6-7,12-13H2,1-3H3,(H,22,27)(H,21,23,24). The predicted octanol–water partition coefficient (Wildman–Crippen LogP) is 3.62. The third kappa shape index (κ3) is 5.79. The molecule has 2 heterocycles. The topological polar surface area (TPSA) is 123 Å². The number of hydrogen-bond donors (Lipinski definition) is 2. The van der Waals surface area contributed by atoms with Crippen molar-refractivity contribution in [3.8, 4) is 0 Å². The summed E-state index contributed by atoms with van der Waals surface area (Å²) in [7, 11) is 0. The molecule has 160 valence electrons. The van der Waals surface area contributed by atoms with Gasteiger partial charge >= 0.3 is 6.09 Å². The third-order valence-corrected chi connectivity index (χ3v) is 4.45. The largest absolute Gasteiger partial charge is 0.444 e. The van der Waals surface area contributed by atoms with Crippen LogP contribution in [0.25, 0.3) is 0 Å². The fraction of sp³-hybridized carbons (Fsp3) is 0.450. The van der Waals surface area contributed by atoms with Crippen molar-refractivity contribution in [3.05, 3.63) is 46.6 Å². The van der Waals surface area contributed by atoms with Crippen LogP contribution >= 0.6 is 0 Å². The Hall–Kier alpha value is -3.43. The summed E-state index contributed by atoms with van der Waals surface area (Å²) in [5, 5.41) is 17.0. The van der Waals surface area contributed by atoms with Crippen LogP contribution in [0.1, 0.15) is 33.6 Å². The second-order valence-corrected chi connectivity index (χ2v) is 8.07. The molecule has 3 rings (SSSR count). The first-order chi connectivity index (χ1) is 14.2. The van der Waals surface area contributed by atoms with E-state index in [2.05, 4.69) is 25.5 Å². The number of ether oxygens (including phenoxy) is 1. The lowest BCUT2D eigenvalue weighted by Crippen LogP contribution is -2.49. The van der Waals surface area contributed by atoms with Crippen molar-refractivity contribution in [2.45, 2.75) is 45.3 Å². The van der Waals surface area contributed by atoms with Gasteiger partial charge in [0, 0.05) is 31.4 Å². The van der Waals surface area contributed by atoms with E-state index in [1.165, 1.54) is 6.07 Å². The molecular formula is C20H26N6O4. The molecule has 1 fully saturated rings. The molecule has 30 heavy (non-hydrogen) atoms. The molecule has 1 aromatic heterocycles. The first kappa shape index (κ1) is 21.3. The number of carbonyl (C=O) groups is 1. The number of hydrogen-bond acceptors (Lipinski definition) is 8. The highest BCUT2D eigenvalue weighted by atomic mass is 16.6. The highest BCUT2D eigenvalue weighted by Crippen LogP contribution is 2.26. The third-order valence-electron chi connectivity index (χ3n) is 4.45. The van der Waals surface area contributed by atoms with Crippen molar-refractivity contribution in [2.75, 3.05) is 23.3 Å². The minimum Gasteiger partial charge on any atom is -0.444 e. The van der Waals surface area contributed by atoms with E-state index in [1.54, 1.807) is 30.5 Å². The SMILES string of the molecule is CC(C)(C)OC(=O)NC1CCCN(c2ccnc(Nc3ccccc3[N+](=O)[O-])n2)C1. The zero-order chi connectivity index (χ0) is 21.7. The summed E-state index contributed by atoms with van der Waals surface area (Å²) in [4.78, 5) is 33.6. The second kappa shape index (κ2) is 8.93. The summed E-state index contributed by atoms with van der Waals surface area (Å²) in [5.41, 5.74) is -0.278. The molecule has 0 bridgehead atoms. The van der Waals surface area contributed by atoms with Crippen LogP contribution in [0.4, 0.5) is 27.9 Å². The summed E-state index contributed by atoms with van der Waals surface area (Å²) in [6.45, 7) is 6.85. The fourth-order valence-electron chi connectivity index (χ4n) is 3.22. The van der Waals surface area contributed by atoms with E-state index >= 15 is 0 Å². The van der Waals surface area contributed by atoms with E-state index in [1.807, 2.05) is 20.8 Å². The molecule has 0 aliphatic carbocycles. The number of alkyl carbamates (subject to hydrolysis) is 1. The summed E-state index contributed by atoms with van der Waals surface area (Å²) < 4.78 is 5.34. The van der Waals surface area contributed by atoms with Crippen molar-refractivity contribution < 1.29 is 14.5 Å². The number of aromatic nitrogens is 2. The molecule has 10 heteroatoms. The zero-order valence-electron chi connectivity index (χ0n) is 17.3. The number of carbonyl (C=O) groups excluding carboxylic acids is 1. The molecule has 1 atom stereocenters. The molecule has 1 aromatic carbocycles. The molecule has 1 aliphatic rings. The number of anilines is 3. The van der Waals surface area contributed by atoms with Gasteiger partial charge in [0.25, 0.3) is 5.69 Å². The van der Waals surface area contributed by atoms with E-state index in [9.17, 15) is 14.9 Å². The van der Waals surface area contributed by atoms with E-state index in [0.29, 0.717) is 18.1 Å². The maximum Gasteiger partial charge on any atom is 0.407 e. The maximum atomic E-state index is 12.1. The molecule has 0 saturated carbocycles. The first-order valence-electron chi connectivity index (χ1n) is 9.79. The number of nitro benzene ring substituents is 1. The molecule has 1 aliphatic heterocycles. The van der Waals surface area contributed by atoms with Crippen LogP contribution in [-0.2, 0) is 4.74 Å². The minimum atomic E-state index is -0.550. The average Bonchev–Trinajstić information content (AvgIpc) is 2.67. The van der Waals surface area contributed by atoms with E-state index in [0.717, 1.165) is 19.4 Å². The highest BCUT2D eigenvalue weighted by Gasteiger charge is 2.25. The Morgan fingerprint density at radius 3 is 2.80 bits per heavy atom. The summed E-state index contributed by atoms with van der Waals surface area (Å²) in [5.74, 6) is 0.950. The smallest absolute Gasteiger partial charge is 0.407 e. The summed E-state index contributed by atoms with van der Waals surface area (Å²) in [6, 6.07) is 8.05. The van der Waals surface area contributed by atoms with E-state index < -0.39 is 16.6 Å². The molecule has 2 N–H and O–H groups in total. The van der Waals surface area contributed by atoms with E-state index in [-0.39, 0.29) is 17.7 Å². The van der Waals surface area contributed by atoms with Crippen molar-refractivity contribution in [2.24, 2.45) is 0 Å². The van der Waals surface area contributed by atoms with Gasteiger partial charge < -0.3 is 20.3 Å². The monoisotopic (exact) mass is 414 g/mol. The van der Waals surface area contributed by atoms with Crippen LogP contribution in [0, 0.1) is 10.1 Å². The lowest BCUT2D eigenvalue weighted by atomic mass is 10.1. The van der Waals surface area contributed by atoms with Crippen molar-refractivity contribution in [1.82, 2.24) is 15.3 Å². The molecule has 0 spiro atoms. The quantitative estimate of drug-likeness (QED) is 0.562. The average molecular weight is 414 g/mol. The van der Waals surface area contributed by atoms with Crippen LogP contribution in [0.3, 0.4) is 0 Å². The Balaban J connectivity index is 1.68. The van der Waals surface area contributed by atoms with Crippen LogP contribution in [0.2, 0.25) is 0 Å². The van der Waals surface area contributed by atoms with E-state index in [4.69, 9.17) is 4.74 Å². The molecule has 1 unspecified atom stereocenters. The lowest BCUT2D eigenvalue weighted by molar-refractivity contribution is -0.383. The van der Waals surface area contributed by atoms with Gasteiger partial charge in [0.1, 0.15) is 17.1 Å². The van der Waals surface area contributed by atoms with Crippen molar-refractivity contribution in [1.29, 1.82) is 0 Å². The van der Waals surface area contributed by atoms with Crippen molar-refractivity contribution >= 4 is 29.2 Å². The number of rotatable bonds is 5. The van der Waals surface area contributed by atoms with Gasteiger partial charge in [-0.05, 0) is 45.7 Å². The maximum absolute atomic E-state index is 12.1. The molecular weight excluding hydrogens is 388 g/mol. The Bertz CT molecular complexity index is 914. The Morgan fingerprint density at radius 1 is 1.30 bits per heavy atom. The van der Waals surface area contributed by atoms with Gasteiger partial charge in [0.15, 0.2) is 0 Å². The van der Waals surface area contributed by atoms with Crippen LogP contribution in [-0.4, -0.2) is 45.7 Å².